The number of primary amides is 1. The maximum Gasteiger partial charge on any atom is 0.416 e. The minimum Gasteiger partial charge on any atom is -0.485 e. The minimum atomic E-state index is -4.75. The first kappa shape index (κ1) is 24.7. The Kier molecular flexibility index (Phi) is 6.15. The van der Waals surface area contributed by atoms with Gasteiger partial charge in [0.2, 0.25) is 11.7 Å². The van der Waals surface area contributed by atoms with Gasteiger partial charge in [-0.1, -0.05) is 17.3 Å². The highest BCUT2D eigenvalue weighted by molar-refractivity contribution is 5.93. The Morgan fingerprint density at radius 2 is 1.76 bits per heavy atom. The van der Waals surface area contributed by atoms with Gasteiger partial charge in [-0.05, 0) is 48.0 Å². The zero-order valence-corrected chi connectivity index (χ0v) is 19.1. The number of fused-ring (bicyclic) bond motifs is 1. The SMILES string of the molecule is NC(=O)c1ccc(-c2coc3cc(OCc4noc(-c5cc(F)cc(C(F)(F)F)c5)n4)ccc3c2=O)cc1. The van der Waals surface area contributed by atoms with E-state index in [4.69, 9.17) is 19.4 Å². The van der Waals surface area contributed by atoms with E-state index in [9.17, 15) is 27.2 Å². The van der Waals surface area contributed by atoms with Gasteiger partial charge in [-0.25, -0.2) is 4.39 Å². The zero-order chi connectivity index (χ0) is 27.0. The second kappa shape index (κ2) is 9.47. The van der Waals surface area contributed by atoms with E-state index in [-0.39, 0.29) is 51.6 Å². The topological polar surface area (TPSA) is 121 Å². The molecule has 192 valence electrons. The van der Waals surface area contributed by atoms with Crippen LogP contribution in [0.1, 0.15) is 21.7 Å². The Labute approximate surface area is 210 Å². The molecule has 2 N–H and O–H groups in total. The molecule has 0 bridgehead atoms. The molecule has 0 aliphatic rings. The standard InChI is InChI=1S/C26H15F4N3O5/c27-17-8-15(7-16(9-17)26(28,29)30)25-32-22(33-38-25)12-36-18-5-6-19-21(10-18)37-11-20(23(19)34)13-1-3-14(4-2-13)24(31)35/h1-11H,12H2,(H2,31,35). The van der Waals surface area contributed by atoms with Gasteiger partial charge in [0.05, 0.1) is 16.5 Å². The second-order valence-corrected chi connectivity index (χ2v) is 8.11. The van der Waals surface area contributed by atoms with Gasteiger partial charge < -0.3 is 19.4 Å². The average molecular weight is 525 g/mol. The van der Waals surface area contributed by atoms with Crippen molar-refractivity contribution in [1.82, 2.24) is 10.1 Å². The van der Waals surface area contributed by atoms with Gasteiger partial charge in [-0.15, -0.1) is 0 Å². The molecule has 1 amide bonds. The molecular weight excluding hydrogens is 510 g/mol. The monoisotopic (exact) mass is 525 g/mol. The normalized spacial score (nSPS) is 11.6. The highest BCUT2D eigenvalue weighted by Gasteiger charge is 2.32. The van der Waals surface area contributed by atoms with Crippen molar-refractivity contribution in [2.24, 2.45) is 5.73 Å². The molecule has 3 aromatic carbocycles. The summed E-state index contributed by atoms with van der Waals surface area (Å²) in [6, 6.07) is 12.6. The van der Waals surface area contributed by atoms with Gasteiger partial charge in [0, 0.05) is 17.2 Å². The van der Waals surface area contributed by atoms with E-state index in [1.807, 2.05) is 0 Å². The number of amides is 1. The summed E-state index contributed by atoms with van der Waals surface area (Å²) in [5, 5.41) is 3.93. The molecule has 8 nitrogen and oxygen atoms in total. The van der Waals surface area contributed by atoms with Crippen LogP contribution in [-0.2, 0) is 12.8 Å². The van der Waals surface area contributed by atoms with Gasteiger partial charge in [-0.2, -0.15) is 18.2 Å². The molecular formula is C26H15F4N3O5. The molecule has 2 aromatic heterocycles. The van der Waals surface area contributed by atoms with E-state index < -0.39 is 23.5 Å². The fourth-order valence-corrected chi connectivity index (χ4v) is 3.67. The van der Waals surface area contributed by atoms with E-state index in [2.05, 4.69) is 10.1 Å². The Morgan fingerprint density at radius 3 is 2.47 bits per heavy atom. The molecule has 0 aliphatic heterocycles. The van der Waals surface area contributed by atoms with Gasteiger partial charge in [0.15, 0.2) is 12.0 Å². The van der Waals surface area contributed by atoms with Crippen molar-refractivity contribution in [1.29, 1.82) is 0 Å². The predicted octanol–water partition coefficient (Wildman–Crippen LogP) is 5.35. The van der Waals surface area contributed by atoms with Crippen molar-refractivity contribution in [3.8, 4) is 28.3 Å². The minimum absolute atomic E-state index is 0.00544. The van der Waals surface area contributed by atoms with Gasteiger partial charge >= 0.3 is 6.18 Å². The number of alkyl halides is 3. The van der Waals surface area contributed by atoms with Crippen LogP contribution in [0.4, 0.5) is 17.6 Å². The smallest absolute Gasteiger partial charge is 0.416 e. The summed E-state index contributed by atoms with van der Waals surface area (Å²) >= 11 is 0. The Bertz CT molecular complexity index is 1730. The van der Waals surface area contributed by atoms with Crippen LogP contribution in [0.3, 0.4) is 0 Å². The lowest BCUT2D eigenvalue weighted by Crippen LogP contribution is -2.10. The average Bonchev–Trinajstić information content (AvgIpc) is 3.36. The highest BCUT2D eigenvalue weighted by Crippen LogP contribution is 2.33. The van der Waals surface area contributed by atoms with E-state index in [0.29, 0.717) is 23.3 Å². The third-order valence-corrected chi connectivity index (χ3v) is 5.53. The number of rotatable bonds is 6. The fourth-order valence-electron chi connectivity index (χ4n) is 3.67. The maximum atomic E-state index is 13.7. The molecule has 12 heteroatoms. The van der Waals surface area contributed by atoms with Crippen LogP contribution in [0.25, 0.3) is 33.6 Å². The Morgan fingerprint density at radius 1 is 1.00 bits per heavy atom. The number of nitrogens with two attached hydrogens (primary N) is 1. The first-order valence-corrected chi connectivity index (χ1v) is 10.9. The third kappa shape index (κ3) is 4.96. The number of aromatic nitrogens is 2. The number of hydrogen-bond acceptors (Lipinski definition) is 7. The van der Waals surface area contributed by atoms with Crippen molar-refractivity contribution < 1.29 is 36.0 Å². The summed E-state index contributed by atoms with van der Waals surface area (Å²) in [4.78, 5) is 28.2. The summed E-state index contributed by atoms with van der Waals surface area (Å²) in [5.74, 6) is -1.72. The second-order valence-electron chi connectivity index (χ2n) is 8.11. The van der Waals surface area contributed by atoms with Gasteiger partial charge in [-0.3, -0.25) is 9.59 Å². The van der Waals surface area contributed by atoms with E-state index in [1.54, 1.807) is 12.1 Å². The third-order valence-electron chi connectivity index (χ3n) is 5.53. The van der Waals surface area contributed by atoms with Crippen LogP contribution < -0.4 is 15.9 Å². The predicted molar refractivity (Wildman–Crippen MR) is 125 cm³/mol. The Balaban J connectivity index is 1.33. The van der Waals surface area contributed by atoms with Gasteiger partial charge in [0.25, 0.3) is 5.89 Å². The molecule has 0 unspecified atom stereocenters. The molecule has 38 heavy (non-hydrogen) atoms. The van der Waals surface area contributed by atoms with E-state index >= 15 is 0 Å². The first-order valence-electron chi connectivity index (χ1n) is 10.9. The number of carbonyl (C=O) groups is 1. The lowest BCUT2D eigenvalue weighted by atomic mass is 10.0. The zero-order valence-electron chi connectivity index (χ0n) is 19.1. The number of benzene rings is 3. The maximum absolute atomic E-state index is 13.7. The molecule has 0 aliphatic carbocycles. The molecule has 0 fully saturated rings. The van der Waals surface area contributed by atoms with Crippen molar-refractivity contribution in [3.63, 3.8) is 0 Å². The molecule has 5 aromatic rings. The van der Waals surface area contributed by atoms with Crippen LogP contribution in [-0.4, -0.2) is 16.0 Å². The van der Waals surface area contributed by atoms with E-state index in [0.717, 1.165) is 6.07 Å². The van der Waals surface area contributed by atoms with Gasteiger partial charge in [0.1, 0.15) is 23.4 Å². The molecule has 0 spiro atoms. The summed E-state index contributed by atoms with van der Waals surface area (Å²) < 4.78 is 68.8. The van der Waals surface area contributed by atoms with Crippen LogP contribution in [0.5, 0.6) is 5.75 Å². The number of halogens is 4. The quantitative estimate of drug-likeness (QED) is 0.297. The van der Waals surface area contributed by atoms with Crippen LogP contribution in [0, 0.1) is 5.82 Å². The number of carbonyl (C=O) groups excluding carboxylic acids is 1. The van der Waals surface area contributed by atoms with Crippen molar-refractivity contribution in [3.05, 3.63) is 99.9 Å². The summed E-state index contributed by atoms with van der Waals surface area (Å²) in [5.41, 5.74) is 4.88. The van der Waals surface area contributed by atoms with Crippen molar-refractivity contribution in [2.75, 3.05) is 0 Å². The van der Waals surface area contributed by atoms with Crippen LogP contribution in [0.15, 0.2) is 80.7 Å². The molecule has 0 saturated heterocycles. The Hall–Kier alpha value is -5.00. The fraction of sp³-hybridized carbons (Fsp3) is 0.0769. The number of hydrogen-bond donors (Lipinski definition) is 1. The summed E-state index contributed by atoms with van der Waals surface area (Å²) in [6.45, 7) is -0.231. The molecule has 5 rings (SSSR count). The molecule has 2 heterocycles. The lowest BCUT2D eigenvalue weighted by Gasteiger charge is -2.07. The van der Waals surface area contributed by atoms with Crippen molar-refractivity contribution >= 4 is 16.9 Å². The molecule has 0 saturated carbocycles. The lowest BCUT2D eigenvalue weighted by molar-refractivity contribution is -0.137. The number of nitrogens with zero attached hydrogens (tertiary/aromatic N) is 2. The van der Waals surface area contributed by atoms with Crippen LogP contribution in [0.2, 0.25) is 0 Å². The summed E-state index contributed by atoms with van der Waals surface area (Å²) in [6.07, 6.45) is -3.46. The highest BCUT2D eigenvalue weighted by atomic mass is 19.4. The van der Waals surface area contributed by atoms with Crippen molar-refractivity contribution in [2.45, 2.75) is 12.8 Å². The van der Waals surface area contributed by atoms with E-state index in [1.165, 1.54) is 36.6 Å². The largest absolute Gasteiger partial charge is 0.485 e. The van der Waals surface area contributed by atoms with Crippen LogP contribution >= 0.6 is 0 Å². The summed E-state index contributed by atoms with van der Waals surface area (Å²) in [7, 11) is 0. The number of ether oxygens (including phenoxy) is 1. The first-order chi connectivity index (χ1) is 18.1. The molecule has 0 atom stereocenters. The molecule has 0 radical (unpaired) electrons.